The monoisotopic (exact) mass is 450 g/mol. The maximum Gasteiger partial charge on any atom is 0.324 e. The molecule has 33 heavy (non-hydrogen) atoms. The first kappa shape index (κ1) is 23.2. The van der Waals surface area contributed by atoms with Gasteiger partial charge in [0.1, 0.15) is 5.84 Å². The minimum atomic E-state index is 0.00475. The first-order valence-electron chi connectivity index (χ1n) is 11.6. The number of likely N-dealkylation sites (tertiary alicyclic amines) is 1. The third kappa shape index (κ3) is 5.89. The molecule has 0 saturated carbocycles. The topological polar surface area (TPSA) is 98.8 Å². The second-order valence-electron chi connectivity index (χ2n) is 9.16. The zero-order valence-corrected chi connectivity index (χ0v) is 19.3. The highest BCUT2D eigenvalue weighted by molar-refractivity contribution is 5.98. The van der Waals surface area contributed by atoms with E-state index in [1.54, 1.807) is 13.2 Å². The SMILES string of the molecule is COCC1CN(CC2CCN(Cc3ccncc3)CC2)C(=O)N(c2cccc(C(=N)N)c2)C1. The predicted octanol–water partition coefficient (Wildman–Crippen LogP) is 2.78. The number of carbonyl (C=O) groups excluding carboxylic acids is 1. The number of nitrogens with zero attached hydrogens (tertiary/aromatic N) is 4. The smallest absolute Gasteiger partial charge is 0.324 e. The fourth-order valence-corrected chi connectivity index (χ4v) is 4.89. The number of amidine groups is 1. The van der Waals surface area contributed by atoms with Gasteiger partial charge in [-0.25, -0.2) is 4.79 Å². The second-order valence-corrected chi connectivity index (χ2v) is 9.16. The van der Waals surface area contributed by atoms with Crippen molar-refractivity contribution in [3.8, 4) is 0 Å². The number of methoxy groups -OCH3 is 1. The number of ether oxygens (including phenoxy) is 1. The van der Waals surface area contributed by atoms with Crippen LogP contribution in [0, 0.1) is 17.2 Å². The number of aromatic nitrogens is 1. The molecule has 0 radical (unpaired) electrons. The van der Waals surface area contributed by atoms with Crippen LogP contribution < -0.4 is 10.6 Å². The molecule has 8 heteroatoms. The molecule has 2 fully saturated rings. The highest BCUT2D eigenvalue weighted by Crippen LogP contribution is 2.27. The van der Waals surface area contributed by atoms with Gasteiger partial charge in [-0.3, -0.25) is 20.2 Å². The van der Waals surface area contributed by atoms with Crippen LogP contribution in [0.15, 0.2) is 48.8 Å². The van der Waals surface area contributed by atoms with Gasteiger partial charge in [0.2, 0.25) is 0 Å². The summed E-state index contributed by atoms with van der Waals surface area (Å²) in [4.78, 5) is 23.8. The highest BCUT2D eigenvalue weighted by Gasteiger charge is 2.34. The largest absolute Gasteiger partial charge is 0.384 e. The zero-order chi connectivity index (χ0) is 23.2. The number of hydrogen-bond acceptors (Lipinski definition) is 5. The van der Waals surface area contributed by atoms with E-state index in [0.717, 1.165) is 44.7 Å². The summed E-state index contributed by atoms with van der Waals surface area (Å²) >= 11 is 0. The molecule has 2 amide bonds. The van der Waals surface area contributed by atoms with E-state index in [2.05, 4.69) is 22.0 Å². The molecule has 2 aromatic rings. The average molecular weight is 451 g/mol. The Morgan fingerprint density at radius 3 is 2.61 bits per heavy atom. The number of urea groups is 1. The fourth-order valence-electron chi connectivity index (χ4n) is 4.89. The van der Waals surface area contributed by atoms with Crippen molar-refractivity contribution in [2.45, 2.75) is 19.4 Å². The molecule has 1 aromatic carbocycles. The summed E-state index contributed by atoms with van der Waals surface area (Å²) in [6, 6.07) is 11.6. The van der Waals surface area contributed by atoms with E-state index in [9.17, 15) is 4.79 Å². The summed E-state index contributed by atoms with van der Waals surface area (Å²) in [5, 5.41) is 7.74. The Morgan fingerprint density at radius 1 is 1.15 bits per heavy atom. The van der Waals surface area contributed by atoms with Crippen molar-refractivity contribution >= 4 is 17.6 Å². The van der Waals surface area contributed by atoms with E-state index < -0.39 is 0 Å². The van der Waals surface area contributed by atoms with Gasteiger partial charge in [-0.15, -0.1) is 0 Å². The number of nitrogens with two attached hydrogens (primary N) is 1. The molecule has 2 aliphatic heterocycles. The lowest BCUT2D eigenvalue weighted by molar-refractivity contribution is 0.0986. The molecule has 4 rings (SSSR count). The van der Waals surface area contributed by atoms with E-state index in [0.29, 0.717) is 31.2 Å². The molecule has 2 saturated heterocycles. The molecule has 1 atom stereocenters. The van der Waals surface area contributed by atoms with Crippen LogP contribution in [0.4, 0.5) is 10.5 Å². The number of nitrogens with one attached hydrogen (secondary N) is 1. The third-order valence-corrected chi connectivity index (χ3v) is 6.63. The summed E-state index contributed by atoms with van der Waals surface area (Å²) < 4.78 is 5.44. The molecule has 3 N–H and O–H groups in total. The number of amides is 2. The van der Waals surface area contributed by atoms with Gasteiger partial charge in [-0.2, -0.15) is 0 Å². The van der Waals surface area contributed by atoms with E-state index in [-0.39, 0.29) is 17.8 Å². The number of anilines is 1. The van der Waals surface area contributed by atoms with Gasteiger partial charge in [-0.05, 0) is 61.7 Å². The van der Waals surface area contributed by atoms with Gasteiger partial charge >= 0.3 is 6.03 Å². The van der Waals surface area contributed by atoms with E-state index >= 15 is 0 Å². The van der Waals surface area contributed by atoms with Gasteiger partial charge < -0.3 is 15.4 Å². The van der Waals surface area contributed by atoms with Crippen LogP contribution in [0.2, 0.25) is 0 Å². The second kappa shape index (κ2) is 10.8. The normalized spacial score (nSPS) is 20.3. The first-order valence-corrected chi connectivity index (χ1v) is 11.6. The quantitative estimate of drug-likeness (QED) is 0.476. The Kier molecular flexibility index (Phi) is 7.57. The molecule has 0 spiro atoms. The molecule has 1 unspecified atom stereocenters. The van der Waals surface area contributed by atoms with Gasteiger partial charge in [-0.1, -0.05) is 12.1 Å². The first-order chi connectivity index (χ1) is 16.0. The van der Waals surface area contributed by atoms with Crippen LogP contribution in [0.25, 0.3) is 0 Å². The molecule has 3 heterocycles. The molecule has 176 valence electrons. The summed E-state index contributed by atoms with van der Waals surface area (Å²) in [7, 11) is 1.71. The zero-order valence-electron chi connectivity index (χ0n) is 19.3. The lowest BCUT2D eigenvalue weighted by Gasteiger charge is -2.42. The Bertz CT molecular complexity index is 945. The van der Waals surface area contributed by atoms with Crippen molar-refractivity contribution in [2.75, 3.05) is 51.3 Å². The van der Waals surface area contributed by atoms with Crippen LogP contribution in [0.1, 0.15) is 24.0 Å². The highest BCUT2D eigenvalue weighted by atomic mass is 16.5. The number of piperidine rings is 1. The lowest BCUT2D eigenvalue weighted by atomic mass is 9.94. The van der Waals surface area contributed by atoms with Gasteiger partial charge in [0.15, 0.2) is 0 Å². The van der Waals surface area contributed by atoms with Gasteiger partial charge in [0, 0.05) is 62.9 Å². The van der Waals surface area contributed by atoms with Crippen LogP contribution in [-0.4, -0.2) is 73.1 Å². The maximum absolute atomic E-state index is 13.4. The van der Waals surface area contributed by atoms with Crippen molar-refractivity contribution < 1.29 is 9.53 Å². The molecular weight excluding hydrogens is 416 g/mol. The van der Waals surface area contributed by atoms with Crippen molar-refractivity contribution in [1.29, 1.82) is 5.41 Å². The Balaban J connectivity index is 1.39. The van der Waals surface area contributed by atoms with Gasteiger partial charge in [0.05, 0.1) is 6.61 Å². The van der Waals surface area contributed by atoms with Crippen molar-refractivity contribution in [3.05, 3.63) is 59.9 Å². The van der Waals surface area contributed by atoms with E-state index in [1.807, 2.05) is 40.4 Å². The number of hydrogen-bond donors (Lipinski definition) is 2. The Morgan fingerprint density at radius 2 is 1.91 bits per heavy atom. The lowest BCUT2D eigenvalue weighted by Crippen LogP contribution is -2.56. The van der Waals surface area contributed by atoms with Gasteiger partial charge in [0.25, 0.3) is 0 Å². The summed E-state index contributed by atoms with van der Waals surface area (Å²) in [5.74, 6) is 0.736. The molecule has 1 aromatic heterocycles. The number of rotatable bonds is 8. The van der Waals surface area contributed by atoms with Crippen LogP contribution in [0.5, 0.6) is 0 Å². The van der Waals surface area contributed by atoms with E-state index in [1.165, 1.54) is 5.56 Å². The number of pyridine rings is 1. The summed E-state index contributed by atoms with van der Waals surface area (Å²) in [6.07, 6.45) is 5.87. The Labute approximate surface area is 195 Å². The Hall–Kier alpha value is -2.97. The minimum Gasteiger partial charge on any atom is -0.384 e. The van der Waals surface area contributed by atoms with Crippen LogP contribution in [0.3, 0.4) is 0 Å². The van der Waals surface area contributed by atoms with Crippen molar-refractivity contribution in [2.24, 2.45) is 17.6 Å². The van der Waals surface area contributed by atoms with Crippen molar-refractivity contribution in [3.63, 3.8) is 0 Å². The molecular formula is C25H34N6O2. The minimum absolute atomic E-state index is 0.00475. The maximum atomic E-state index is 13.4. The fraction of sp³-hybridized carbons (Fsp3) is 0.480. The molecule has 0 bridgehead atoms. The molecule has 2 aliphatic rings. The van der Waals surface area contributed by atoms with E-state index in [4.69, 9.17) is 15.9 Å². The van der Waals surface area contributed by atoms with Crippen LogP contribution in [-0.2, 0) is 11.3 Å². The summed E-state index contributed by atoms with van der Waals surface area (Å²) in [5.41, 5.74) is 8.38. The predicted molar refractivity (Wildman–Crippen MR) is 129 cm³/mol. The summed E-state index contributed by atoms with van der Waals surface area (Å²) in [6.45, 7) is 5.74. The third-order valence-electron chi connectivity index (χ3n) is 6.63. The van der Waals surface area contributed by atoms with Crippen molar-refractivity contribution in [1.82, 2.24) is 14.8 Å². The number of benzene rings is 1. The molecule has 8 nitrogen and oxygen atoms in total. The number of carbonyl (C=O) groups is 1. The van der Waals surface area contributed by atoms with Crippen LogP contribution >= 0.6 is 0 Å². The standard InChI is InChI=1S/C25H34N6O2/c1-33-18-21-16-30(25(32)31(17-21)23-4-2-3-22(13-23)24(26)27)15-20-7-11-29(12-8-20)14-19-5-9-28-10-6-19/h2-6,9-10,13,20-21H,7-8,11-12,14-18H2,1H3,(H3,26,27). The number of nitrogen functional groups attached to an aromatic ring is 1. The average Bonchev–Trinajstić information content (AvgIpc) is 2.83. The molecule has 0 aliphatic carbocycles.